The number of hydrogen-bond acceptors (Lipinski definition) is 3. The van der Waals surface area contributed by atoms with E-state index in [1.54, 1.807) is 11.3 Å². The summed E-state index contributed by atoms with van der Waals surface area (Å²) in [6.45, 7) is 8.18. The molecule has 90 valence electrons. The highest BCUT2D eigenvalue weighted by molar-refractivity contribution is 7.10. The van der Waals surface area contributed by atoms with Crippen LogP contribution in [0.1, 0.15) is 30.0 Å². The minimum atomic E-state index is -0.360. The summed E-state index contributed by atoms with van der Waals surface area (Å²) in [5, 5.41) is 3.07. The quantitative estimate of drug-likeness (QED) is 0.879. The minimum Gasteiger partial charge on any atom is -0.320 e. The molecular formula is C14H18N2S. The van der Waals surface area contributed by atoms with Crippen molar-refractivity contribution in [1.29, 1.82) is 0 Å². The molecule has 2 nitrogen and oxygen atoms in total. The second-order valence-corrected chi connectivity index (χ2v) is 5.94. The maximum absolute atomic E-state index is 6.06. The maximum atomic E-state index is 6.06. The van der Waals surface area contributed by atoms with Crippen LogP contribution in [-0.2, 0) is 5.54 Å². The van der Waals surface area contributed by atoms with Crippen molar-refractivity contribution in [2.75, 3.05) is 0 Å². The average Bonchev–Trinajstić information content (AvgIpc) is 2.70. The molecule has 1 aromatic heterocycles. The fourth-order valence-electron chi connectivity index (χ4n) is 1.71. The zero-order valence-electron chi connectivity index (χ0n) is 10.7. The Kier molecular flexibility index (Phi) is 3.06. The molecule has 0 aliphatic rings. The Morgan fingerprint density at radius 2 is 1.94 bits per heavy atom. The highest BCUT2D eigenvalue weighted by Gasteiger charge is 2.19. The Morgan fingerprint density at radius 3 is 2.53 bits per heavy atom. The van der Waals surface area contributed by atoms with E-state index in [-0.39, 0.29) is 5.54 Å². The van der Waals surface area contributed by atoms with Crippen molar-refractivity contribution in [3.05, 3.63) is 39.7 Å². The molecule has 3 heteroatoms. The lowest BCUT2D eigenvalue weighted by molar-refractivity contribution is 0.551. The number of hydrogen-bond donors (Lipinski definition) is 1. The lowest BCUT2D eigenvalue weighted by Gasteiger charge is -2.14. The number of thiazole rings is 1. The van der Waals surface area contributed by atoms with Crippen LogP contribution < -0.4 is 5.73 Å². The first kappa shape index (κ1) is 12.3. The molecule has 0 radical (unpaired) electrons. The van der Waals surface area contributed by atoms with Crippen LogP contribution >= 0.6 is 11.3 Å². The van der Waals surface area contributed by atoms with E-state index >= 15 is 0 Å². The van der Waals surface area contributed by atoms with Gasteiger partial charge in [-0.25, -0.2) is 4.98 Å². The summed E-state index contributed by atoms with van der Waals surface area (Å²) in [6.07, 6.45) is 0. The zero-order chi connectivity index (χ0) is 12.6. The van der Waals surface area contributed by atoms with Gasteiger partial charge in [0.25, 0.3) is 0 Å². The van der Waals surface area contributed by atoms with Crippen molar-refractivity contribution in [2.24, 2.45) is 5.73 Å². The second-order valence-electron chi connectivity index (χ2n) is 5.08. The van der Waals surface area contributed by atoms with Gasteiger partial charge in [0.15, 0.2) is 0 Å². The maximum Gasteiger partial charge on any atom is 0.113 e. The van der Waals surface area contributed by atoms with E-state index in [2.05, 4.69) is 42.4 Å². The fraction of sp³-hybridized carbons (Fsp3) is 0.357. The van der Waals surface area contributed by atoms with Gasteiger partial charge in [-0.15, -0.1) is 11.3 Å². The molecular weight excluding hydrogens is 228 g/mol. The number of nitrogens with two attached hydrogens (primary N) is 1. The molecule has 1 aromatic carbocycles. The molecule has 17 heavy (non-hydrogen) atoms. The third-order valence-corrected chi connectivity index (χ3v) is 3.91. The van der Waals surface area contributed by atoms with Gasteiger partial charge in [-0.2, -0.15) is 0 Å². The number of benzene rings is 1. The second kappa shape index (κ2) is 4.24. The van der Waals surface area contributed by atoms with Gasteiger partial charge in [0, 0.05) is 10.9 Å². The highest BCUT2D eigenvalue weighted by Crippen LogP contribution is 2.29. The van der Waals surface area contributed by atoms with E-state index in [4.69, 9.17) is 5.73 Å². The van der Waals surface area contributed by atoms with Crippen LogP contribution in [0.3, 0.4) is 0 Å². The van der Waals surface area contributed by atoms with Crippen LogP contribution in [-0.4, -0.2) is 4.98 Å². The number of rotatable bonds is 2. The lowest BCUT2D eigenvalue weighted by Crippen LogP contribution is -2.28. The number of aromatic nitrogens is 1. The molecule has 0 atom stereocenters. The largest absolute Gasteiger partial charge is 0.320 e. The summed E-state index contributed by atoms with van der Waals surface area (Å²) in [4.78, 5) is 4.65. The predicted octanol–water partition coefficient (Wildman–Crippen LogP) is 3.62. The molecule has 1 heterocycles. The standard InChI is InChI=1S/C14H18N2S/c1-9-5-6-10(2)11(7-9)12-8-17-13(16-12)14(3,4)15/h5-8H,15H2,1-4H3. The monoisotopic (exact) mass is 246 g/mol. The molecule has 0 amide bonds. The van der Waals surface area contributed by atoms with Crippen molar-refractivity contribution in [2.45, 2.75) is 33.2 Å². The number of nitrogens with zero attached hydrogens (tertiary/aromatic N) is 1. The zero-order valence-corrected chi connectivity index (χ0v) is 11.6. The first-order valence-electron chi connectivity index (χ1n) is 5.70. The Morgan fingerprint density at radius 1 is 1.24 bits per heavy atom. The highest BCUT2D eigenvalue weighted by atomic mass is 32.1. The molecule has 2 rings (SSSR count). The van der Waals surface area contributed by atoms with E-state index in [0.29, 0.717) is 0 Å². The Bertz CT molecular complexity index is 535. The fourth-order valence-corrected chi connectivity index (χ4v) is 2.56. The third kappa shape index (κ3) is 2.56. The van der Waals surface area contributed by atoms with Crippen LogP contribution in [0.2, 0.25) is 0 Å². The Hall–Kier alpha value is -1.19. The molecule has 0 aliphatic heterocycles. The van der Waals surface area contributed by atoms with Gasteiger partial charge in [-0.05, 0) is 39.3 Å². The van der Waals surface area contributed by atoms with E-state index in [0.717, 1.165) is 10.7 Å². The van der Waals surface area contributed by atoms with E-state index in [1.165, 1.54) is 16.7 Å². The van der Waals surface area contributed by atoms with Gasteiger partial charge < -0.3 is 5.73 Å². The van der Waals surface area contributed by atoms with Gasteiger partial charge in [0.2, 0.25) is 0 Å². The van der Waals surface area contributed by atoms with E-state index in [9.17, 15) is 0 Å². The Labute approximate surface area is 107 Å². The molecule has 0 saturated carbocycles. The first-order chi connectivity index (χ1) is 7.88. The predicted molar refractivity (Wildman–Crippen MR) is 74.2 cm³/mol. The summed E-state index contributed by atoms with van der Waals surface area (Å²) in [7, 11) is 0. The Balaban J connectivity index is 2.47. The molecule has 0 bridgehead atoms. The average molecular weight is 246 g/mol. The van der Waals surface area contributed by atoms with Gasteiger partial charge in [-0.1, -0.05) is 17.7 Å². The van der Waals surface area contributed by atoms with Crippen molar-refractivity contribution in [1.82, 2.24) is 4.98 Å². The van der Waals surface area contributed by atoms with Crippen LogP contribution in [0.15, 0.2) is 23.6 Å². The van der Waals surface area contributed by atoms with Crippen molar-refractivity contribution in [3.8, 4) is 11.3 Å². The van der Waals surface area contributed by atoms with E-state index in [1.807, 2.05) is 13.8 Å². The molecule has 0 saturated heterocycles. The minimum absolute atomic E-state index is 0.360. The lowest BCUT2D eigenvalue weighted by atomic mass is 10.0. The molecule has 0 unspecified atom stereocenters. The normalized spacial score (nSPS) is 11.8. The van der Waals surface area contributed by atoms with Crippen LogP contribution in [0.25, 0.3) is 11.3 Å². The first-order valence-corrected chi connectivity index (χ1v) is 6.58. The molecule has 2 aromatic rings. The van der Waals surface area contributed by atoms with Crippen molar-refractivity contribution >= 4 is 11.3 Å². The summed E-state index contributed by atoms with van der Waals surface area (Å²) >= 11 is 1.63. The summed E-state index contributed by atoms with van der Waals surface area (Å²) < 4.78 is 0. The number of aryl methyl sites for hydroxylation is 2. The van der Waals surface area contributed by atoms with Crippen LogP contribution in [0, 0.1) is 13.8 Å². The topological polar surface area (TPSA) is 38.9 Å². The SMILES string of the molecule is Cc1ccc(C)c(-c2csc(C(C)(C)N)n2)c1. The van der Waals surface area contributed by atoms with Crippen LogP contribution in [0.4, 0.5) is 0 Å². The van der Waals surface area contributed by atoms with Gasteiger partial charge >= 0.3 is 0 Å². The molecule has 0 fully saturated rings. The van der Waals surface area contributed by atoms with Crippen molar-refractivity contribution < 1.29 is 0 Å². The molecule has 0 spiro atoms. The smallest absolute Gasteiger partial charge is 0.113 e. The molecule has 2 N–H and O–H groups in total. The van der Waals surface area contributed by atoms with Crippen LogP contribution in [0.5, 0.6) is 0 Å². The molecule has 0 aliphatic carbocycles. The van der Waals surface area contributed by atoms with E-state index < -0.39 is 0 Å². The van der Waals surface area contributed by atoms with Gasteiger partial charge in [0.05, 0.1) is 11.2 Å². The van der Waals surface area contributed by atoms with Gasteiger partial charge in [0.1, 0.15) is 5.01 Å². The summed E-state index contributed by atoms with van der Waals surface area (Å²) in [5.41, 5.74) is 10.4. The summed E-state index contributed by atoms with van der Waals surface area (Å²) in [6, 6.07) is 6.44. The van der Waals surface area contributed by atoms with Crippen molar-refractivity contribution in [3.63, 3.8) is 0 Å². The third-order valence-electron chi connectivity index (χ3n) is 2.72. The summed E-state index contributed by atoms with van der Waals surface area (Å²) in [5.74, 6) is 0. The van der Waals surface area contributed by atoms with Gasteiger partial charge in [-0.3, -0.25) is 0 Å².